The Morgan fingerprint density at radius 2 is 1.63 bits per heavy atom. The molecule has 3 rings (SSSR count). The lowest BCUT2D eigenvalue weighted by molar-refractivity contribution is 0.102. The number of hydrogen-bond donors (Lipinski definition) is 2. The van der Waals surface area contributed by atoms with Gasteiger partial charge >= 0.3 is 0 Å². The Labute approximate surface area is 157 Å². The Morgan fingerprint density at radius 3 is 2.33 bits per heavy atom. The lowest BCUT2D eigenvalue weighted by Gasteiger charge is -2.23. The van der Waals surface area contributed by atoms with Crippen LogP contribution in [0.4, 0.5) is 21.7 Å². The third kappa shape index (κ3) is 4.47. The van der Waals surface area contributed by atoms with E-state index in [1.54, 1.807) is 12.1 Å². The van der Waals surface area contributed by atoms with E-state index in [-0.39, 0.29) is 16.8 Å². The van der Waals surface area contributed by atoms with Crippen LogP contribution in [0, 0.1) is 5.82 Å². The minimum absolute atomic E-state index is 0.0661. The Kier molecular flexibility index (Phi) is 5.16. The van der Waals surface area contributed by atoms with Crippen molar-refractivity contribution in [2.75, 3.05) is 10.6 Å². The van der Waals surface area contributed by atoms with Crippen molar-refractivity contribution in [1.82, 2.24) is 9.97 Å². The third-order valence-electron chi connectivity index (χ3n) is 3.99. The van der Waals surface area contributed by atoms with Crippen LogP contribution in [0.25, 0.3) is 0 Å². The van der Waals surface area contributed by atoms with Gasteiger partial charge in [0.05, 0.1) is 5.69 Å². The van der Waals surface area contributed by atoms with Gasteiger partial charge in [0, 0.05) is 11.9 Å². The molecule has 0 aliphatic carbocycles. The van der Waals surface area contributed by atoms with Crippen LogP contribution in [0.15, 0.2) is 60.8 Å². The maximum atomic E-state index is 13.7. The van der Waals surface area contributed by atoms with E-state index in [2.05, 4.69) is 41.4 Å². The number of para-hydroxylation sites is 2. The van der Waals surface area contributed by atoms with Crippen molar-refractivity contribution >= 4 is 23.2 Å². The molecule has 3 aromatic rings. The Hall–Kier alpha value is -3.28. The second kappa shape index (κ2) is 7.53. The number of anilines is 3. The molecule has 0 radical (unpaired) electrons. The number of benzene rings is 2. The SMILES string of the molecule is CC(C)(C)c1ccccc1Nc1nccc(C(=O)Nc2ccccc2F)n1. The van der Waals surface area contributed by atoms with Gasteiger partial charge in [-0.25, -0.2) is 14.4 Å². The molecule has 0 saturated carbocycles. The zero-order chi connectivity index (χ0) is 19.4. The van der Waals surface area contributed by atoms with Crippen LogP contribution in [-0.4, -0.2) is 15.9 Å². The predicted octanol–water partition coefficient (Wildman–Crippen LogP) is 4.91. The van der Waals surface area contributed by atoms with Crippen LogP contribution in [0.3, 0.4) is 0 Å². The quantitative estimate of drug-likeness (QED) is 0.690. The van der Waals surface area contributed by atoms with E-state index in [0.29, 0.717) is 5.95 Å². The maximum absolute atomic E-state index is 13.7. The Morgan fingerprint density at radius 1 is 0.963 bits per heavy atom. The smallest absolute Gasteiger partial charge is 0.274 e. The highest BCUT2D eigenvalue weighted by molar-refractivity contribution is 6.03. The molecule has 0 fully saturated rings. The molecule has 1 amide bonds. The van der Waals surface area contributed by atoms with Crippen molar-refractivity contribution in [2.45, 2.75) is 26.2 Å². The minimum atomic E-state index is -0.505. The van der Waals surface area contributed by atoms with Crippen LogP contribution in [0.5, 0.6) is 0 Å². The topological polar surface area (TPSA) is 66.9 Å². The number of amides is 1. The third-order valence-corrected chi connectivity index (χ3v) is 3.99. The number of rotatable bonds is 4. The molecule has 1 heterocycles. The van der Waals surface area contributed by atoms with Crippen molar-refractivity contribution in [3.8, 4) is 0 Å². The number of carbonyl (C=O) groups is 1. The summed E-state index contributed by atoms with van der Waals surface area (Å²) in [7, 11) is 0. The molecular weight excluding hydrogens is 343 g/mol. The van der Waals surface area contributed by atoms with E-state index in [1.165, 1.54) is 24.4 Å². The van der Waals surface area contributed by atoms with E-state index in [4.69, 9.17) is 0 Å². The van der Waals surface area contributed by atoms with Crippen molar-refractivity contribution in [1.29, 1.82) is 0 Å². The normalized spacial score (nSPS) is 11.1. The highest BCUT2D eigenvalue weighted by atomic mass is 19.1. The van der Waals surface area contributed by atoms with Crippen LogP contribution < -0.4 is 10.6 Å². The fourth-order valence-electron chi connectivity index (χ4n) is 2.66. The monoisotopic (exact) mass is 364 g/mol. The molecule has 0 spiro atoms. The summed E-state index contributed by atoms with van der Waals surface area (Å²) in [6.45, 7) is 6.35. The summed E-state index contributed by atoms with van der Waals surface area (Å²) in [5, 5.41) is 5.69. The molecule has 6 heteroatoms. The van der Waals surface area contributed by atoms with Gasteiger partial charge in [0.2, 0.25) is 5.95 Å². The van der Waals surface area contributed by atoms with Crippen molar-refractivity contribution < 1.29 is 9.18 Å². The number of nitrogens with zero attached hydrogens (tertiary/aromatic N) is 2. The zero-order valence-electron chi connectivity index (χ0n) is 15.5. The molecule has 0 aliphatic heterocycles. The zero-order valence-corrected chi connectivity index (χ0v) is 15.5. The van der Waals surface area contributed by atoms with Gasteiger partial charge in [-0.3, -0.25) is 4.79 Å². The first kappa shape index (κ1) is 18.5. The van der Waals surface area contributed by atoms with Gasteiger partial charge in [0.1, 0.15) is 11.5 Å². The molecular formula is C21H21FN4O. The number of carbonyl (C=O) groups excluding carboxylic acids is 1. The molecule has 27 heavy (non-hydrogen) atoms. The maximum Gasteiger partial charge on any atom is 0.274 e. The van der Waals surface area contributed by atoms with Gasteiger partial charge in [-0.2, -0.15) is 0 Å². The van der Waals surface area contributed by atoms with Crippen LogP contribution in [0.1, 0.15) is 36.8 Å². The highest BCUT2D eigenvalue weighted by Crippen LogP contribution is 2.30. The highest BCUT2D eigenvalue weighted by Gasteiger charge is 2.18. The molecule has 0 aliphatic rings. The first-order valence-electron chi connectivity index (χ1n) is 8.60. The number of nitrogens with one attached hydrogen (secondary N) is 2. The lowest BCUT2D eigenvalue weighted by Crippen LogP contribution is -2.16. The fraction of sp³-hybridized carbons (Fsp3) is 0.190. The number of hydrogen-bond acceptors (Lipinski definition) is 4. The van der Waals surface area contributed by atoms with Gasteiger partial charge in [-0.05, 0) is 35.2 Å². The van der Waals surface area contributed by atoms with Gasteiger partial charge in [-0.15, -0.1) is 0 Å². The van der Waals surface area contributed by atoms with Crippen LogP contribution in [-0.2, 0) is 5.41 Å². The Balaban J connectivity index is 1.83. The lowest BCUT2D eigenvalue weighted by atomic mass is 9.86. The number of halogens is 1. The van der Waals surface area contributed by atoms with E-state index in [9.17, 15) is 9.18 Å². The summed E-state index contributed by atoms with van der Waals surface area (Å²) in [4.78, 5) is 20.9. The van der Waals surface area contributed by atoms with Crippen LogP contribution in [0.2, 0.25) is 0 Å². The summed E-state index contributed by atoms with van der Waals surface area (Å²) in [5.41, 5.74) is 2.16. The molecule has 2 N–H and O–H groups in total. The molecule has 1 aromatic heterocycles. The molecule has 0 saturated heterocycles. The molecule has 0 unspecified atom stereocenters. The molecule has 5 nitrogen and oxygen atoms in total. The molecule has 0 bridgehead atoms. The number of aromatic nitrogens is 2. The second-order valence-electron chi connectivity index (χ2n) is 7.12. The molecule has 138 valence electrons. The van der Waals surface area contributed by atoms with Crippen LogP contribution >= 0.6 is 0 Å². The van der Waals surface area contributed by atoms with Gasteiger partial charge < -0.3 is 10.6 Å². The van der Waals surface area contributed by atoms with Crippen molar-refractivity contribution in [3.05, 3.63) is 77.9 Å². The van der Waals surface area contributed by atoms with Gasteiger partial charge in [0.15, 0.2) is 0 Å². The molecule has 2 aromatic carbocycles. The summed E-state index contributed by atoms with van der Waals surface area (Å²) in [6.07, 6.45) is 1.49. The van der Waals surface area contributed by atoms with E-state index >= 15 is 0 Å². The van der Waals surface area contributed by atoms with Crippen molar-refractivity contribution in [2.24, 2.45) is 0 Å². The minimum Gasteiger partial charge on any atom is -0.324 e. The summed E-state index contributed by atoms with van der Waals surface area (Å²) < 4.78 is 13.7. The second-order valence-corrected chi connectivity index (χ2v) is 7.12. The molecule has 0 atom stereocenters. The standard InChI is InChI=1S/C21H21FN4O/c1-21(2,3)14-8-4-6-10-16(14)25-20-23-13-12-18(26-20)19(27)24-17-11-7-5-9-15(17)22/h4-13H,1-3H3,(H,24,27)(H,23,25,26). The summed E-state index contributed by atoms with van der Waals surface area (Å²) >= 11 is 0. The van der Waals surface area contributed by atoms with Gasteiger partial charge in [0.25, 0.3) is 5.91 Å². The predicted molar refractivity (Wildman–Crippen MR) is 105 cm³/mol. The van der Waals surface area contributed by atoms with E-state index < -0.39 is 11.7 Å². The first-order chi connectivity index (χ1) is 12.8. The van der Waals surface area contributed by atoms with E-state index in [1.807, 2.05) is 24.3 Å². The largest absolute Gasteiger partial charge is 0.324 e. The Bertz CT molecular complexity index is 966. The summed E-state index contributed by atoms with van der Waals surface area (Å²) in [6, 6.07) is 15.3. The average molecular weight is 364 g/mol. The van der Waals surface area contributed by atoms with E-state index in [0.717, 1.165) is 11.3 Å². The fourth-order valence-corrected chi connectivity index (χ4v) is 2.66. The summed E-state index contributed by atoms with van der Waals surface area (Å²) in [5.74, 6) is -0.708. The van der Waals surface area contributed by atoms with Gasteiger partial charge in [-0.1, -0.05) is 51.1 Å². The average Bonchev–Trinajstić information content (AvgIpc) is 2.63. The van der Waals surface area contributed by atoms with Crippen molar-refractivity contribution in [3.63, 3.8) is 0 Å². The first-order valence-corrected chi connectivity index (χ1v) is 8.60.